The Hall–Kier alpha value is -2.20. The molecule has 4 heteroatoms. The number of hydrogen-bond acceptors (Lipinski definition) is 3. The Labute approximate surface area is 99.2 Å². The summed E-state index contributed by atoms with van der Waals surface area (Å²) in [5.74, 6) is -1.23. The van der Waals surface area contributed by atoms with Gasteiger partial charge in [0.2, 0.25) is 0 Å². The lowest BCUT2D eigenvalue weighted by Gasteiger charge is -2.03. The third-order valence-electron chi connectivity index (χ3n) is 1.92. The van der Waals surface area contributed by atoms with Crippen molar-refractivity contribution in [3.05, 3.63) is 66.5 Å². The number of rotatable bonds is 2. The maximum absolute atomic E-state index is 10.2. The molecular formula is C13H13NO3. The highest BCUT2D eigenvalue weighted by Gasteiger charge is 2.14. The Balaban J connectivity index is 0.000000202. The van der Waals surface area contributed by atoms with Crippen LogP contribution in [0.4, 0.5) is 0 Å². The maximum Gasteiger partial charge on any atom is 0.337 e. The van der Waals surface area contributed by atoms with Crippen LogP contribution in [-0.4, -0.2) is 21.2 Å². The first kappa shape index (κ1) is 12.9. The van der Waals surface area contributed by atoms with Crippen LogP contribution < -0.4 is 0 Å². The first-order valence-corrected chi connectivity index (χ1v) is 5.02. The molecule has 0 saturated heterocycles. The Morgan fingerprint density at radius 2 is 1.53 bits per heavy atom. The second kappa shape index (κ2) is 7.14. The number of pyridine rings is 1. The minimum Gasteiger partial charge on any atom is -0.479 e. The van der Waals surface area contributed by atoms with Gasteiger partial charge in [-0.25, -0.2) is 4.79 Å². The highest BCUT2D eigenvalue weighted by atomic mass is 16.4. The molecule has 0 aliphatic carbocycles. The molecule has 0 radical (unpaired) electrons. The van der Waals surface area contributed by atoms with Gasteiger partial charge in [-0.15, -0.1) is 0 Å². The molecule has 0 amide bonds. The first-order chi connectivity index (χ1) is 8.22. The molecule has 2 aromatic rings. The average Bonchev–Trinajstić information content (AvgIpc) is 2.41. The summed E-state index contributed by atoms with van der Waals surface area (Å²) >= 11 is 0. The van der Waals surface area contributed by atoms with Crippen molar-refractivity contribution in [3.63, 3.8) is 0 Å². The van der Waals surface area contributed by atoms with Crippen molar-refractivity contribution in [2.75, 3.05) is 0 Å². The monoisotopic (exact) mass is 231 g/mol. The van der Waals surface area contributed by atoms with Crippen molar-refractivity contribution >= 4 is 5.97 Å². The van der Waals surface area contributed by atoms with E-state index in [-0.39, 0.29) is 0 Å². The van der Waals surface area contributed by atoms with Crippen LogP contribution in [0, 0.1) is 0 Å². The van der Waals surface area contributed by atoms with E-state index < -0.39 is 12.1 Å². The number of nitrogens with zero attached hydrogens (tertiary/aromatic N) is 1. The lowest BCUT2D eigenvalue weighted by Crippen LogP contribution is -2.09. The van der Waals surface area contributed by atoms with Gasteiger partial charge < -0.3 is 10.2 Å². The number of aromatic nitrogens is 1. The second-order valence-electron chi connectivity index (χ2n) is 3.18. The van der Waals surface area contributed by atoms with Crippen molar-refractivity contribution in [3.8, 4) is 0 Å². The molecule has 1 aromatic carbocycles. The summed E-state index contributed by atoms with van der Waals surface area (Å²) in [4.78, 5) is 14.0. The lowest BCUT2D eigenvalue weighted by molar-refractivity contribution is -0.146. The number of carboxylic acids is 1. The molecule has 88 valence electrons. The number of hydrogen-bond donors (Lipinski definition) is 2. The molecule has 1 heterocycles. The van der Waals surface area contributed by atoms with E-state index >= 15 is 0 Å². The molecule has 2 N–H and O–H groups in total. The first-order valence-electron chi connectivity index (χ1n) is 5.02. The fourth-order valence-corrected chi connectivity index (χ4v) is 1.09. The van der Waals surface area contributed by atoms with Gasteiger partial charge in [0.25, 0.3) is 0 Å². The number of aliphatic hydroxyl groups is 1. The zero-order valence-corrected chi connectivity index (χ0v) is 9.10. The molecule has 1 aromatic heterocycles. The standard InChI is InChI=1S/C8H8O3.C5H5N/c9-7(8(10)11)6-4-2-1-3-5-6;1-2-4-6-5-3-1/h1-5,7,9H,(H,10,11);1-5H. The lowest BCUT2D eigenvalue weighted by atomic mass is 10.1. The molecule has 1 atom stereocenters. The zero-order valence-electron chi connectivity index (χ0n) is 9.10. The molecule has 0 saturated carbocycles. The molecule has 17 heavy (non-hydrogen) atoms. The quantitative estimate of drug-likeness (QED) is 0.828. The average molecular weight is 231 g/mol. The van der Waals surface area contributed by atoms with E-state index in [1.165, 1.54) is 0 Å². The van der Waals surface area contributed by atoms with E-state index in [4.69, 9.17) is 10.2 Å². The molecule has 0 aliphatic heterocycles. The van der Waals surface area contributed by atoms with Crippen molar-refractivity contribution in [1.82, 2.24) is 4.98 Å². The van der Waals surface area contributed by atoms with Gasteiger partial charge in [-0.3, -0.25) is 4.98 Å². The highest BCUT2D eigenvalue weighted by molar-refractivity contribution is 5.73. The molecule has 0 bridgehead atoms. The summed E-state index contributed by atoms with van der Waals surface area (Å²) in [5.41, 5.74) is 0.403. The number of aliphatic hydroxyl groups excluding tert-OH is 1. The molecular weight excluding hydrogens is 218 g/mol. The number of carbonyl (C=O) groups is 1. The summed E-state index contributed by atoms with van der Waals surface area (Å²) in [6.07, 6.45) is 2.09. The summed E-state index contributed by atoms with van der Waals surface area (Å²) in [5, 5.41) is 17.4. The Morgan fingerprint density at radius 1 is 1.00 bits per heavy atom. The van der Waals surface area contributed by atoms with E-state index in [1.807, 2.05) is 18.2 Å². The van der Waals surface area contributed by atoms with Crippen LogP contribution in [-0.2, 0) is 4.79 Å². The topological polar surface area (TPSA) is 70.4 Å². The Morgan fingerprint density at radius 3 is 1.88 bits per heavy atom. The summed E-state index contributed by atoms with van der Waals surface area (Å²) in [7, 11) is 0. The second-order valence-corrected chi connectivity index (χ2v) is 3.18. The van der Waals surface area contributed by atoms with Crippen molar-refractivity contribution < 1.29 is 15.0 Å². The van der Waals surface area contributed by atoms with Gasteiger partial charge in [0.1, 0.15) is 0 Å². The third kappa shape index (κ3) is 4.90. The minimum atomic E-state index is -1.41. The van der Waals surface area contributed by atoms with Crippen LogP contribution in [0.2, 0.25) is 0 Å². The van der Waals surface area contributed by atoms with Gasteiger partial charge in [0.05, 0.1) is 0 Å². The Bertz CT molecular complexity index is 404. The molecule has 0 aliphatic rings. The van der Waals surface area contributed by atoms with Crippen molar-refractivity contribution in [2.45, 2.75) is 6.10 Å². The summed E-state index contributed by atoms with van der Waals surface area (Å²) < 4.78 is 0. The Kier molecular flexibility index (Phi) is 5.40. The fourth-order valence-electron chi connectivity index (χ4n) is 1.09. The van der Waals surface area contributed by atoms with Gasteiger partial charge in [-0.1, -0.05) is 36.4 Å². The number of aliphatic carboxylic acids is 1. The van der Waals surface area contributed by atoms with Crippen LogP contribution in [0.15, 0.2) is 60.9 Å². The van der Waals surface area contributed by atoms with E-state index in [0.29, 0.717) is 5.56 Å². The fraction of sp³-hybridized carbons (Fsp3) is 0.0769. The summed E-state index contributed by atoms with van der Waals surface area (Å²) in [6.45, 7) is 0. The van der Waals surface area contributed by atoms with Crippen LogP contribution in [0.1, 0.15) is 11.7 Å². The van der Waals surface area contributed by atoms with Crippen LogP contribution in [0.3, 0.4) is 0 Å². The summed E-state index contributed by atoms with van der Waals surface area (Å²) in [6, 6.07) is 14.0. The normalized spacial score (nSPS) is 10.9. The van der Waals surface area contributed by atoms with E-state index in [1.54, 1.807) is 42.7 Å². The van der Waals surface area contributed by atoms with Gasteiger partial charge in [-0.05, 0) is 17.7 Å². The van der Waals surface area contributed by atoms with E-state index in [9.17, 15) is 4.79 Å². The van der Waals surface area contributed by atoms with Gasteiger partial charge in [0.15, 0.2) is 6.10 Å². The zero-order chi connectivity index (χ0) is 12.5. The number of carboxylic acid groups (broad SMARTS) is 1. The van der Waals surface area contributed by atoms with E-state index in [0.717, 1.165) is 0 Å². The molecule has 2 rings (SSSR count). The van der Waals surface area contributed by atoms with Crippen LogP contribution in [0.5, 0.6) is 0 Å². The molecule has 1 unspecified atom stereocenters. The molecule has 0 spiro atoms. The maximum atomic E-state index is 10.2. The van der Waals surface area contributed by atoms with Crippen LogP contribution in [0.25, 0.3) is 0 Å². The van der Waals surface area contributed by atoms with Crippen LogP contribution >= 0.6 is 0 Å². The third-order valence-corrected chi connectivity index (χ3v) is 1.92. The molecule has 4 nitrogen and oxygen atoms in total. The largest absolute Gasteiger partial charge is 0.479 e. The van der Waals surface area contributed by atoms with Crippen molar-refractivity contribution in [1.29, 1.82) is 0 Å². The predicted molar refractivity (Wildman–Crippen MR) is 63.3 cm³/mol. The smallest absolute Gasteiger partial charge is 0.337 e. The van der Waals surface area contributed by atoms with E-state index in [2.05, 4.69) is 4.98 Å². The number of benzene rings is 1. The van der Waals surface area contributed by atoms with Gasteiger partial charge >= 0.3 is 5.97 Å². The molecule has 0 fully saturated rings. The van der Waals surface area contributed by atoms with Gasteiger partial charge in [-0.2, -0.15) is 0 Å². The van der Waals surface area contributed by atoms with Gasteiger partial charge in [0, 0.05) is 12.4 Å². The SMILES string of the molecule is O=C(O)C(O)c1ccccc1.c1ccncc1. The van der Waals surface area contributed by atoms with Crippen molar-refractivity contribution in [2.24, 2.45) is 0 Å². The predicted octanol–water partition coefficient (Wildman–Crippen LogP) is 1.89. The highest BCUT2D eigenvalue weighted by Crippen LogP contribution is 2.10. The minimum absolute atomic E-state index is 0.403.